The van der Waals surface area contributed by atoms with Crippen molar-refractivity contribution in [3.05, 3.63) is 40.3 Å². The first kappa shape index (κ1) is 19.3. The van der Waals surface area contributed by atoms with Crippen molar-refractivity contribution in [2.24, 2.45) is 0 Å². The molecule has 2 fully saturated rings. The molecule has 1 unspecified atom stereocenters. The van der Waals surface area contributed by atoms with E-state index >= 15 is 0 Å². The van der Waals surface area contributed by atoms with Crippen molar-refractivity contribution in [1.82, 2.24) is 19.7 Å². The number of fused-ring (bicyclic) bond motifs is 1. The normalized spacial score (nSPS) is 22.5. The van der Waals surface area contributed by atoms with E-state index in [4.69, 9.17) is 14.5 Å². The summed E-state index contributed by atoms with van der Waals surface area (Å²) in [5, 5.41) is 5.19. The molecule has 30 heavy (non-hydrogen) atoms. The molecule has 0 amide bonds. The second-order valence-electron chi connectivity index (χ2n) is 8.16. The number of nitrogens with zero attached hydrogens (tertiary/aromatic N) is 4. The fraction of sp³-hybridized carbons (Fsp3) is 0.500. The van der Waals surface area contributed by atoms with E-state index in [9.17, 15) is 4.79 Å². The number of aromatic amines is 1. The minimum Gasteiger partial charge on any atom is -0.377 e. The van der Waals surface area contributed by atoms with E-state index in [1.54, 1.807) is 18.5 Å². The average Bonchev–Trinajstić information content (AvgIpc) is 3.24. The third-order valence-electron chi connectivity index (χ3n) is 6.05. The predicted molar refractivity (Wildman–Crippen MR) is 115 cm³/mol. The van der Waals surface area contributed by atoms with Gasteiger partial charge in [0.2, 0.25) is 0 Å². The summed E-state index contributed by atoms with van der Waals surface area (Å²) in [6, 6.07) is 3.83. The summed E-state index contributed by atoms with van der Waals surface area (Å²) in [5.74, 6) is 0.803. The molecule has 158 valence electrons. The van der Waals surface area contributed by atoms with E-state index in [1.807, 2.05) is 17.7 Å². The van der Waals surface area contributed by atoms with Crippen molar-refractivity contribution in [2.45, 2.75) is 45.4 Å². The van der Waals surface area contributed by atoms with E-state index in [0.717, 1.165) is 60.7 Å². The Labute approximate surface area is 174 Å². The number of anilines is 1. The molecule has 5 heterocycles. The highest BCUT2D eigenvalue weighted by Crippen LogP contribution is 2.31. The minimum absolute atomic E-state index is 0.00132. The van der Waals surface area contributed by atoms with Crippen LogP contribution in [0.4, 0.5) is 5.82 Å². The summed E-state index contributed by atoms with van der Waals surface area (Å²) in [7, 11) is 0. The van der Waals surface area contributed by atoms with Gasteiger partial charge in [-0.25, -0.2) is 4.68 Å². The highest BCUT2D eigenvalue weighted by atomic mass is 16.5. The Balaban J connectivity index is 1.67. The molecule has 2 aliphatic rings. The lowest BCUT2D eigenvalue weighted by Crippen LogP contribution is -2.44. The highest BCUT2D eigenvalue weighted by Gasteiger charge is 2.24. The summed E-state index contributed by atoms with van der Waals surface area (Å²) >= 11 is 0. The van der Waals surface area contributed by atoms with Crippen LogP contribution in [-0.2, 0) is 9.47 Å². The Morgan fingerprint density at radius 3 is 2.97 bits per heavy atom. The molecule has 0 aliphatic carbocycles. The number of aryl methyl sites for hydroxylation is 1. The molecule has 2 aliphatic heterocycles. The number of ether oxygens (including phenoxy) is 2. The number of hydrogen-bond acceptors (Lipinski definition) is 6. The Bertz CT molecular complexity index is 1120. The van der Waals surface area contributed by atoms with Crippen molar-refractivity contribution in [3.63, 3.8) is 0 Å². The van der Waals surface area contributed by atoms with Crippen LogP contribution < -0.4 is 10.3 Å². The van der Waals surface area contributed by atoms with Crippen LogP contribution in [0, 0.1) is 6.92 Å². The predicted octanol–water partition coefficient (Wildman–Crippen LogP) is 3.02. The fourth-order valence-electron chi connectivity index (χ4n) is 4.49. The van der Waals surface area contributed by atoms with E-state index in [0.29, 0.717) is 18.6 Å². The Hall–Kier alpha value is -2.71. The lowest BCUT2D eigenvalue weighted by atomic mass is 10.1. The van der Waals surface area contributed by atoms with Gasteiger partial charge in [-0.1, -0.05) is 0 Å². The van der Waals surface area contributed by atoms with Crippen molar-refractivity contribution < 1.29 is 9.47 Å². The standard InChI is InChI=1S/C22H27N5O3/c1-14-12-23-21(16-6-7-24-27(16)19-5-3-4-9-30-19)22-20(14)17(28)11-18(25-22)26-8-10-29-13-15(26)2/h6-7,11-12,15,19H,3-5,8-10,13H2,1-2H3,(H,25,28)/t15-,19?/m1/s1. The van der Waals surface area contributed by atoms with Gasteiger partial charge >= 0.3 is 0 Å². The molecular weight excluding hydrogens is 382 g/mol. The van der Waals surface area contributed by atoms with Crippen molar-refractivity contribution in [3.8, 4) is 11.4 Å². The van der Waals surface area contributed by atoms with Gasteiger partial charge in [-0.2, -0.15) is 5.10 Å². The molecule has 5 rings (SSSR count). The van der Waals surface area contributed by atoms with Gasteiger partial charge < -0.3 is 19.4 Å². The molecule has 0 bridgehead atoms. The van der Waals surface area contributed by atoms with Gasteiger partial charge in [-0.15, -0.1) is 0 Å². The Kier molecular flexibility index (Phi) is 5.04. The van der Waals surface area contributed by atoms with Crippen LogP contribution in [0.25, 0.3) is 22.3 Å². The number of H-pyrrole nitrogens is 1. The lowest BCUT2D eigenvalue weighted by Gasteiger charge is -2.34. The number of nitrogens with one attached hydrogen (secondary N) is 1. The zero-order chi connectivity index (χ0) is 20.7. The molecule has 0 saturated carbocycles. The number of hydrogen-bond donors (Lipinski definition) is 1. The zero-order valence-corrected chi connectivity index (χ0v) is 17.4. The van der Waals surface area contributed by atoms with Crippen LogP contribution in [0.2, 0.25) is 0 Å². The number of morpholine rings is 1. The topological polar surface area (TPSA) is 85.3 Å². The van der Waals surface area contributed by atoms with Gasteiger partial charge in [-0.05, 0) is 44.7 Å². The van der Waals surface area contributed by atoms with Crippen LogP contribution in [0.1, 0.15) is 38.0 Å². The van der Waals surface area contributed by atoms with Crippen molar-refractivity contribution in [1.29, 1.82) is 0 Å². The van der Waals surface area contributed by atoms with Crippen molar-refractivity contribution in [2.75, 3.05) is 31.3 Å². The monoisotopic (exact) mass is 409 g/mol. The van der Waals surface area contributed by atoms with Crippen LogP contribution in [0.5, 0.6) is 0 Å². The molecule has 8 heteroatoms. The highest BCUT2D eigenvalue weighted by molar-refractivity contribution is 5.93. The third-order valence-corrected chi connectivity index (χ3v) is 6.05. The largest absolute Gasteiger partial charge is 0.377 e. The van der Waals surface area contributed by atoms with Crippen LogP contribution >= 0.6 is 0 Å². The number of pyridine rings is 2. The third kappa shape index (κ3) is 3.30. The van der Waals surface area contributed by atoms with Crippen molar-refractivity contribution >= 4 is 16.7 Å². The molecule has 3 aromatic heterocycles. The average molecular weight is 409 g/mol. The van der Waals surface area contributed by atoms with Crippen LogP contribution in [0.3, 0.4) is 0 Å². The molecule has 2 atom stereocenters. The summed E-state index contributed by atoms with van der Waals surface area (Å²) < 4.78 is 13.4. The maximum atomic E-state index is 13.1. The minimum atomic E-state index is -0.101. The molecule has 0 radical (unpaired) electrons. The number of aromatic nitrogens is 4. The first-order valence-corrected chi connectivity index (χ1v) is 10.7. The van der Waals surface area contributed by atoms with Gasteiger partial charge in [0.05, 0.1) is 35.9 Å². The first-order chi connectivity index (χ1) is 14.6. The maximum Gasteiger partial charge on any atom is 0.191 e. The molecule has 8 nitrogen and oxygen atoms in total. The Morgan fingerprint density at radius 2 is 2.17 bits per heavy atom. The summed E-state index contributed by atoms with van der Waals surface area (Å²) in [6.07, 6.45) is 6.55. The summed E-state index contributed by atoms with van der Waals surface area (Å²) in [5.41, 5.74) is 3.18. The molecule has 0 spiro atoms. The maximum absolute atomic E-state index is 13.1. The molecule has 1 N–H and O–H groups in total. The van der Waals surface area contributed by atoms with Crippen LogP contribution in [0.15, 0.2) is 29.3 Å². The molecule has 3 aromatic rings. The summed E-state index contributed by atoms with van der Waals surface area (Å²) in [4.78, 5) is 23.6. The second-order valence-corrected chi connectivity index (χ2v) is 8.16. The second kappa shape index (κ2) is 7.85. The fourth-order valence-corrected chi connectivity index (χ4v) is 4.49. The first-order valence-electron chi connectivity index (χ1n) is 10.7. The zero-order valence-electron chi connectivity index (χ0n) is 17.4. The quantitative estimate of drug-likeness (QED) is 0.716. The lowest BCUT2D eigenvalue weighted by molar-refractivity contribution is -0.0383. The molecular formula is C22H27N5O3. The van der Waals surface area contributed by atoms with Gasteiger partial charge in [0, 0.05) is 31.6 Å². The van der Waals surface area contributed by atoms with Gasteiger partial charge in [0.25, 0.3) is 0 Å². The number of rotatable bonds is 3. The Morgan fingerprint density at radius 1 is 1.27 bits per heavy atom. The smallest absolute Gasteiger partial charge is 0.191 e. The SMILES string of the molecule is Cc1cnc(-c2ccnn2C2CCCCO2)c2[nH]c(N3CCOC[C@H]3C)cc(=O)c12. The van der Waals surface area contributed by atoms with E-state index in [2.05, 4.69) is 21.9 Å². The van der Waals surface area contributed by atoms with Gasteiger partial charge in [0.15, 0.2) is 11.7 Å². The van der Waals surface area contributed by atoms with Gasteiger partial charge in [0.1, 0.15) is 11.5 Å². The summed E-state index contributed by atoms with van der Waals surface area (Å²) in [6.45, 7) is 6.80. The van der Waals surface area contributed by atoms with E-state index in [-0.39, 0.29) is 17.7 Å². The van der Waals surface area contributed by atoms with Crippen LogP contribution in [-0.4, -0.2) is 52.2 Å². The van der Waals surface area contributed by atoms with E-state index < -0.39 is 0 Å². The molecule has 0 aromatic carbocycles. The van der Waals surface area contributed by atoms with Gasteiger partial charge in [-0.3, -0.25) is 9.78 Å². The van der Waals surface area contributed by atoms with E-state index in [1.165, 1.54) is 0 Å². The molecule has 2 saturated heterocycles.